The largest absolute Gasteiger partial charge is 0.380 e. The fourth-order valence-corrected chi connectivity index (χ4v) is 1.83. The normalized spacial score (nSPS) is 21.3. The van der Waals surface area contributed by atoms with Crippen LogP contribution in [0.5, 0.6) is 0 Å². The lowest BCUT2D eigenvalue weighted by molar-refractivity contribution is -0.135. The summed E-state index contributed by atoms with van der Waals surface area (Å²) in [4.78, 5) is 13.7. The van der Waals surface area contributed by atoms with Crippen LogP contribution in [-0.4, -0.2) is 50.7 Å². The van der Waals surface area contributed by atoms with E-state index in [0.29, 0.717) is 19.8 Å². The van der Waals surface area contributed by atoms with Crippen LogP contribution in [0.3, 0.4) is 0 Å². The van der Waals surface area contributed by atoms with Crippen LogP contribution in [0.15, 0.2) is 0 Å². The average Bonchev–Trinajstić information content (AvgIpc) is 2.29. The van der Waals surface area contributed by atoms with Gasteiger partial charge in [0.1, 0.15) is 0 Å². The van der Waals surface area contributed by atoms with Crippen LogP contribution in [-0.2, 0) is 9.53 Å². The molecule has 4 nitrogen and oxygen atoms in total. The summed E-state index contributed by atoms with van der Waals surface area (Å²) in [5.74, 6) is 0.423. The molecule has 0 aromatic heterocycles. The van der Waals surface area contributed by atoms with E-state index < -0.39 is 0 Å². The van der Waals surface area contributed by atoms with Crippen molar-refractivity contribution in [3.8, 4) is 0 Å². The zero-order chi connectivity index (χ0) is 11.1. The number of piperidine rings is 1. The Morgan fingerprint density at radius 2 is 2.40 bits per heavy atom. The van der Waals surface area contributed by atoms with Gasteiger partial charge in [-0.3, -0.25) is 4.79 Å². The smallest absolute Gasteiger partial charge is 0.226 e. The molecule has 0 aromatic carbocycles. The lowest BCUT2D eigenvalue weighted by Gasteiger charge is -2.26. The van der Waals surface area contributed by atoms with Crippen LogP contribution in [0.25, 0.3) is 0 Å². The monoisotopic (exact) mass is 214 g/mol. The fourth-order valence-electron chi connectivity index (χ4n) is 1.83. The number of nitrogens with zero attached hydrogens (tertiary/aromatic N) is 1. The highest BCUT2D eigenvalue weighted by molar-refractivity contribution is 5.78. The van der Waals surface area contributed by atoms with Gasteiger partial charge in [0.15, 0.2) is 0 Å². The van der Waals surface area contributed by atoms with Gasteiger partial charge in [0, 0.05) is 26.7 Å². The Morgan fingerprint density at radius 1 is 1.60 bits per heavy atom. The maximum absolute atomic E-state index is 11.9. The SMILES string of the molecule is CCOCCN(C)C(=O)C1CCCNC1. The molecule has 0 aromatic rings. The minimum Gasteiger partial charge on any atom is -0.380 e. The molecular formula is C11H22N2O2. The van der Waals surface area contributed by atoms with Crippen molar-refractivity contribution in [3.05, 3.63) is 0 Å². The summed E-state index contributed by atoms with van der Waals surface area (Å²) in [7, 11) is 1.86. The van der Waals surface area contributed by atoms with E-state index in [2.05, 4.69) is 5.32 Å². The van der Waals surface area contributed by atoms with Crippen molar-refractivity contribution in [2.75, 3.05) is 39.9 Å². The number of carbonyl (C=O) groups is 1. The first-order valence-corrected chi connectivity index (χ1v) is 5.79. The maximum atomic E-state index is 11.9. The topological polar surface area (TPSA) is 41.6 Å². The van der Waals surface area contributed by atoms with Gasteiger partial charge in [0.2, 0.25) is 5.91 Å². The van der Waals surface area contributed by atoms with Crippen molar-refractivity contribution in [1.29, 1.82) is 0 Å². The molecule has 0 bridgehead atoms. The van der Waals surface area contributed by atoms with Crippen LogP contribution in [0.1, 0.15) is 19.8 Å². The molecule has 1 rings (SSSR count). The Labute approximate surface area is 92.0 Å². The summed E-state index contributed by atoms with van der Waals surface area (Å²) in [5, 5.41) is 3.26. The third-order valence-corrected chi connectivity index (χ3v) is 2.80. The molecule has 1 saturated heterocycles. The Balaban J connectivity index is 2.24. The van der Waals surface area contributed by atoms with Gasteiger partial charge in [0.05, 0.1) is 12.5 Å². The molecule has 15 heavy (non-hydrogen) atoms. The molecule has 1 N–H and O–H groups in total. The molecule has 1 fully saturated rings. The molecule has 1 unspecified atom stereocenters. The summed E-state index contributed by atoms with van der Waals surface area (Å²) in [6.45, 7) is 5.90. The van der Waals surface area contributed by atoms with Crippen LogP contribution in [0.4, 0.5) is 0 Å². The predicted molar refractivity (Wildman–Crippen MR) is 59.7 cm³/mol. The Kier molecular flexibility index (Phi) is 5.65. The van der Waals surface area contributed by atoms with E-state index in [4.69, 9.17) is 4.74 Å². The number of hydrogen-bond donors (Lipinski definition) is 1. The van der Waals surface area contributed by atoms with Crippen LogP contribution < -0.4 is 5.32 Å². The van der Waals surface area contributed by atoms with Crippen molar-refractivity contribution in [2.45, 2.75) is 19.8 Å². The minimum absolute atomic E-state index is 0.172. The van der Waals surface area contributed by atoms with Gasteiger partial charge in [0.25, 0.3) is 0 Å². The lowest BCUT2D eigenvalue weighted by atomic mass is 9.98. The van der Waals surface area contributed by atoms with Gasteiger partial charge < -0.3 is 15.0 Å². The number of hydrogen-bond acceptors (Lipinski definition) is 3. The number of carbonyl (C=O) groups excluding carboxylic acids is 1. The zero-order valence-electron chi connectivity index (χ0n) is 9.79. The van der Waals surface area contributed by atoms with Gasteiger partial charge >= 0.3 is 0 Å². The average molecular weight is 214 g/mol. The van der Waals surface area contributed by atoms with Crippen LogP contribution >= 0.6 is 0 Å². The van der Waals surface area contributed by atoms with Crippen molar-refractivity contribution >= 4 is 5.91 Å². The Hall–Kier alpha value is -0.610. The highest BCUT2D eigenvalue weighted by Gasteiger charge is 2.23. The first-order valence-electron chi connectivity index (χ1n) is 5.79. The molecule has 1 amide bonds. The third-order valence-electron chi connectivity index (χ3n) is 2.80. The summed E-state index contributed by atoms with van der Waals surface area (Å²) >= 11 is 0. The van der Waals surface area contributed by atoms with Crippen molar-refractivity contribution in [1.82, 2.24) is 10.2 Å². The molecule has 1 aliphatic rings. The molecule has 0 aliphatic carbocycles. The summed E-state index contributed by atoms with van der Waals surface area (Å²) in [6.07, 6.45) is 2.13. The minimum atomic E-state index is 0.172. The molecule has 88 valence electrons. The fraction of sp³-hybridized carbons (Fsp3) is 0.909. The van der Waals surface area contributed by atoms with E-state index in [-0.39, 0.29) is 11.8 Å². The second kappa shape index (κ2) is 6.80. The standard InChI is InChI=1S/C11H22N2O2/c1-3-15-8-7-13(2)11(14)10-5-4-6-12-9-10/h10,12H,3-9H2,1-2H3. The first-order chi connectivity index (χ1) is 7.25. The highest BCUT2D eigenvalue weighted by atomic mass is 16.5. The summed E-state index contributed by atoms with van der Waals surface area (Å²) in [6, 6.07) is 0. The van der Waals surface area contributed by atoms with Gasteiger partial charge in [-0.05, 0) is 26.3 Å². The quantitative estimate of drug-likeness (QED) is 0.677. The molecule has 4 heteroatoms. The Morgan fingerprint density at radius 3 is 3.00 bits per heavy atom. The number of amides is 1. The lowest BCUT2D eigenvalue weighted by Crippen LogP contribution is -2.42. The molecule has 0 saturated carbocycles. The van der Waals surface area contributed by atoms with Crippen molar-refractivity contribution in [3.63, 3.8) is 0 Å². The maximum Gasteiger partial charge on any atom is 0.226 e. The van der Waals surface area contributed by atoms with E-state index in [0.717, 1.165) is 25.9 Å². The van der Waals surface area contributed by atoms with Crippen LogP contribution in [0.2, 0.25) is 0 Å². The van der Waals surface area contributed by atoms with Crippen molar-refractivity contribution in [2.24, 2.45) is 5.92 Å². The van der Waals surface area contributed by atoms with Gasteiger partial charge in [-0.2, -0.15) is 0 Å². The summed E-state index contributed by atoms with van der Waals surface area (Å²) in [5.41, 5.74) is 0. The van der Waals surface area contributed by atoms with Crippen molar-refractivity contribution < 1.29 is 9.53 Å². The first kappa shape index (κ1) is 12.5. The predicted octanol–water partition coefficient (Wildman–Crippen LogP) is 0.481. The van der Waals surface area contributed by atoms with E-state index in [9.17, 15) is 4.79 Å². The molecule has 1 heterocycles. The zero-order valence-corrected chi connectivity index (χ0v) is 9.79. The number of likely N-dealkylation sites (N-methyl/N-ethyl adjacent to an activating group) is 1. The third kappa shape index (κ3) is 4.18. The van der Waals surface area contributed by atoms with E-state index in [1.807, 2.05) is 14.0 Å². The van der Waals surface area contributed by atoms with E-state index in [1.54, 1.807) is 4.90 Å². The van der Waals surface area contributed by atoms with Crippen LogP contribution in [0, 0.1) is 5.92 Å². The van der Waals surface area contributed by atoms with Gasteiger partial charge in [-0.25, -0.2) is 0 Å². The van der Waals surface area contributed by atoms with Gasteiger partial charge in [-0.15, -0.1) is 0 Å². The molecule has 1 atom stereocenters. The van der Waals surface area contributed by atoms with Gasteiger partial charge in [-0.1, -0.05) is 0 Å². The van der Waals surface area contributed by atoms with E-state index >= 15 is 0 Å². The number of rotatable bonds is 5. The number of ether oxygens (including phenoxy) is 1. The van der Waals surface area contributed by atoms with E-state index in [1.165, 1.54) is 0 Å². The molecule has 0 spiro atoms. The molecule has 1 aliphatic heterocycles. The molecule has 0 radical (unpaired) electrons. The highest BCUT2D eigenvalue weighted by Crippen LogP contribution is 2.12. The molecular weight excluding hydrogens is 192 g/mol. The second-order valence-corrected chi connectivity index (χ2v) is 4.00. The number of nitrogens with one attached hydrogen (secondary N) is 1. The summed E-state index contributed by atoms with van der Waals surface area (Å²) < 4.78 is 5.23. The Bertz CT molecular complexity index is 191. The second-order valence-electron chi connectivity index (χ2n) is 4.00.